The Bertz CT molecular complexity index is 546. The molecule has 112 valence electrons. The molecule has 0 aliphatic heterocycles. The van der Waals surface area contributed by atoms with Crippen molar-refractivity contribution in [1.82, 2.24) is 5.32 Å². The molecule has 0 atom stereocenters. The minimum atomic E-state index is 0.616. The van der Waals surface area contributed by atoms with Gasteiger partial charge in [0.05, 0.1) is 0 Å². The van der Waals surface area contributed by atoms with Crippen LogP contribution in [-0.2, 0) is 13.2 Å². The fourth-order valence-corrected chi connectivity index (χ4v) is 2.14. The predicted molar refractivity (Wildman–Crippen MR) is 88.5 cm³/mol. The summed E-state index contributed by atoms with van der Waals surface area (Å²) in [5.74, 6) is 1.65. The zero-order valence-corrected chi connectivity index (χ0v) is 13.2. The maximum absolute atomic E-state index is 5.86. The van der Waals surface area contributed by atoms with Gasteiger partial charge in [-0.2, -0.15) is 0 Å². The van der Waals surface area contributed by atoms with E-state index < -0.39 is 0 Å². The molecular formula is C19H25NO. The molecule has 0 saturated carbocycles. The van der Waals surface area contributed by atoms with Gasteiger partial charge >= 0.3 is 0 Å². The van der Waals surface area contributed by atoms with Gasteiger partial charge in [0.2, 0.25) is 0 Å². The number of hydrogen-bond acceptors (Lipinski definition) is 2. The molecule has 0 fully saturated rings. The van der Waals surface area contributed by atoms with Gasteiger partial charge in [0.15, 0.2) is 0 Å². The predicted octanol–water partition coefficient (Wildman–Crippen LogP) is 4.32. The molecule has 2 heteroatoms. The lowest BCUT2D eigenvalue weighted by Gasteiger charge is -2.10. The molecule has 2 aromatic carbocycles. The Kier molecular flexibility index (Phi) is 5.82. The Labute approximate surface area is 128 Å². The Morgan fingerprint density at radius 1 is 0.952 bits per heavy atom. The highest BCUT2D eigenvalue weighted by Crippen LogP contribution is 2.18. The van der Waals surface area contributed by atoms with Gasteiger partial charge in [0.25, 0.3) is 0 Å². The standard InChI is InChI=1S/C19H25NO/c1-15(2)12-20-13-17-8-10-18(11-9-17)14-21-19-7-5-4-6-16(19)3/h4-11,15,20H,12-14H2,1-3H3. The van der Waals surface area contributed by atoms with Crippen LogP contribution in [0, 0.1) is 12.8 Å². The van der Waals surface area contributed by atoms with Crippen molar-refractivity contribution in [1.29, 1.82) is 0 Å². The lowest BCUT2D eigenvalue weighted by atomic mass is 10.1. The Balaban J connectivity index is 1.84. The molecule has 2 aromatic rings. The van der Waals surface area contributed by atoms with Gasteiger partial charge in [-0.15, -0.1) is 0 Å². The molecule has 0 heterocycles. The minimum Gasteiger partial charge on any atom is -0.489 e. The first-order valence-electron chi connectivity index (χ1n) is 7.62. The van der Waals surface area contributed by atoms with E-state index in [1.54, 1.807) is 0 Å². The van der Waals surface area contributed by atoms with Crippen molar-refractivity contribution in [3.8, 4) is 5.75 Å². The van der Waals surface area contributed by atoms with E-state index in [0.29, 0.717) is 12.5 Å². The largest absolute Gasteiger partial charge is 0.489 e. The zero-order valence-electron chi connectivity index (χ0n) is 13.2. The average molecular weight is 283 g/mol. The molecule has 0 aromatic heterocycles. The molecule has 0 unspecified atom stereocenters. The first-order chi connectivity index (χ1) is 10.1. The van der Waals surface area contributed by atoms with E-state index >= 15 is 0 Å². The molecule has 0 aliphatic carbocycles. The highest BCUT2D eigenvalue weighted by molar-refractivity contribution is 5.32. The highest BCUT2D eigenvalue weighted by atomic mass is 16.5. The molecule has 0 amide bonds. The fourth-order valence-electron chi connectivity index (χ4n) is 2.14. The van der Waals surface area contributed by atoms with E-state index in [4.69, 9.17) is 4.74 Å². The number of ether oxygens (including phenoxy) is 1. The number of nitrogens with one attached hydrogen (secondary N) is 1. The number of rotatable bonds is 7. The quantitative estimate of drug-likeness (QED) is 0.817. The van der Waals surface area contributed by atoms with Crippen molar-refractivity contribution in [2.24, 2.45) is 5.92 Å². The summed E-state index contributed by atoms with van der Waals surface area (Å²) in [5, 5.41) is 3.45. The van der Waals surface area contributed by atoms with Crippen molar-refractivity contribution in [2.75, 3.05) is 6.54 Å². The molecule has 0 spiro atoms. The molecule has 0 aliphatic rings. The summed E-state index contributed by atoms with van der Waals surface area (Å²) in [6.45, 7) is 9.11. The van der Waals surface area contributed by atoms with Gasteiger partial charge in [-0.05, 0) is 42.1 Å². The summed E-state index contributed by atoms with van der Waals surface area (Å²) in [7, 11) is 0. The Hall–Kier alpha value is -1.80. The van der Waals surface area contributed by atoms with Gasteiger partial charge in [-0.1, -0.05) is 56.3 Å². The molecular weight excluding hydrogens is 258 g/mol. The second kappa shape index (κ2) is 7.84. The molecule has 0 saturated heterocycles. The summed E-state index contributed by atoms with van der Waals surface area (Å²) in [5.41, 5.74) is 3.69. The van der Waals surface area contributed by atoms with Crippen LogP contribution in [0.4, 0.5) is 0 Å². The maximum atomic E-state index is 5.86. The van der Waals surface area contributed by atoms with E-state index in [2.05, 4.69) is 56.4 Å². The number of aryl methyl sites for hydroxylation is 1. The van der Waals surface area contributed by atoms with Crippen LogP contribution in [0.1, 0.15) is 30.5 Å². The van der Waals surface area contributed by atoms with Gasteiger partial charge in [-0.3, -0.25) is 0 Å². The molecule has 21 heavy (non-hydrogen) atoms. The third-order valence-corrected chi connectivity index (χ3v) is 3.39. The summed E-state index contributed by atoms with van der Waals surface area (Å²) < 4.78 is 5.86. The summed E-state index contributed by atoms with van der Waals surface area (Å²) in [6, 6.07) is 16.7. The Morgan fingerprint density at radius 2 is 1.62 bits per heavy atom. The summed E-state index contributed by atoms with van der Waals surface area (Å²) in [6.07, 6.45) is 0. The van der Waals surface area contributed by atoms with Crippen LogP contribution in [0.3, 0.4) is 0 Å². The fraction of sp³-hybridized carbons (Fsp3) is 0.368. The van der Waals surface area contributed by atoms with Crippen molar-refractivity contribution in [3.05, 3.63) is 65.2 Å². The van der Waals surface area contributed by atoms with Crippen LogP contribution >= 0.6 is 0 Å². The lowest BCUT2D eigenvalue weighted by Crippen LogP contribution is -2.18. The molecule has 1 N–H and O–H groups in total. The molecule has 2 nitrogen and oxygen atoms in total. The van der Waals surface area contributed by atoms with E-state index in [1.165, 1.54) is 16.7 Å². The van der Waals surface area contributed by atoms with E-state index in [0.717, 1.165) is 18.8 Å². The van der Waals surface area contributed by atoms with Crippen LogP contribution in [0.2, 0.25) is 0 Å². The summed E-state index contributed by atoms with van der Waals surface area (Å²) >= 11 is 0. The van der Waals surface area contributed by atoms with Crippen LogP contribution in [0.15, 0.2) is 48.5 Å². The molecule has 2 rings (SSSR count). The average Bonchev–Trinajstić information content (AvgIpc) is 2.47. The van der Waals surface area contributed by atoms with Crippen LogP contribution < -0.4 is 10.1 Å². The number of para-hydroxylation sites is 1. The van der Waals surface area contributed by atoms with Crippen LogP contribution in [-0.4, -0.2) is 6.54 Å². The lowest BCUT2D eigenvalue weighted by molar-refractivity contribution is 0.304. The second-order valence-electron chi connectivity index (χ2n) is 5.90. The van der Waals surface area contributed by atoms with Crippen LogP contribution in [0.25, 0.3) is 0 Å². The normalized spacial score (nSPS) is 10.9. The van der Waals surface area contributed by atoms with Gasteiger partial charge in [0, 0.05) is 6.54 Å². The van der Waals surface area contributed by atoms with Gasteiger partial charge < -0.3 is 10.1 Å². The topological polar surface area (TPSA) is 21.3 Å². The first kappa shape index (κ1) is 15.6. The zero-order chi connectivity index (χ0) is 15.1. The van der Waals surface area contributed by atoms with Gasteiger partial charge in [-0.25, -0.2) is 0 Å². The van der Waals surface area contributed by atoms with Crippen molar-refractivity contribution in [2.45, 2.75) is 33.9 Å². The van der Waals surface area contributed by atoms with Gasteiger partial charge in [0.1, 0.15) is 12.4 Å². The third kappa shape index (κ3) is 5.24. The first-order valence-corrected chi connectivity index (χ1v) is 7.62. The number of benzene rings is 2. The Morgan fingerprint density at radius 3 is 2.29 bits per heavy atom. The van der Waals surface area contributed by atoms with Crippen LogP contribution in [0.5, 0.6) is 5.75 Å². The minimum absolute atomic E-state index is 0.616. The smallest absolute Gasteiger partial charge is 0.122 e. The monoisotopic (exact) mass is 283 g/mol. The van der Waals surface area contributed by atoms with E-state index in [1.807, 2.05) is 18.2 Å². The number of hydrogen-bond donors (Lipinski definition) is 1. The second-order valence-corrected chi connectivity index (χ2v) is 5.90. The summed E-state index contributed by atoms with van der Waals surface area (Å²) in [4.78, 5) is 0. The van der Waals surface area contributed by atoms with Crippen molar-refractivity contribution >= 4 is 0 Å². The van der Waals surface area contributed by atoms with E-state index in [9.17, 15) is 0 Å². The SMILES string of the molecule is Cc1ccccc1OCc1ccc(CNCC(C)C)cc1. The van der Waals surface area contributed by atoms with Crippen molar-refractivity contribution < 1.29 is 4.74 Å². The highest BCUT2D eigenvalue weighted by Gasteiger charge is 2.00. The maximum Gasteiger partial charge on any atom is 0.122 e. The molecule has 0 bridgehead atoms. The molecule has 0 radical (unpaired) electrons. The van der Waals surface area contributed by atoms with E-state index in [-0.39, 0.29) is 0 Å². The third-order valence-electron chi connectivity index (χ3n) is 3.39. The van der Waals surface area contributed by atoms with Crippen molar-refractivity contribution in [3.63, 3.8) is 0 Å².